The molecule has 1 aliphatic rings. The molecule has 0 spiro atoms. The molecule has 30 heavy (non-hydrogen) atoms. The minimum Gasteiger partial charge on any atom is -0.497 e. The van der Waals surface area contributed by atoms with Crippen molar-refractivity contribution in [2.24, 2.45) is 10.9 Å². The van der Waals surface area contributed by atoms with Crippen LogP contribution >= 0.6 is 24.0 Å². The number of halogens is 1. The van der Waals surface area contributed by atoms with Crippen LogP contribution in [0.5, 0.6) is 5.75 Å². The van der Waals surface area contributed by atoms with Crippen LogP contribution in [-0.4, -0.2) is 52.5 Å². The van der Waals surface area contributed by atoms with E-state index in [1.165, 1.54) is 0 Å². The molecule has 1 saturated heterocycles. The van der Waals surface area contributed by atoms with Crippen LogP contribution < -0.4 is 15.4 Å². The Morgan fingerprint density at radius 3 is 2.70 bits per heavy atom. The number of furan rings is 1. The average molecular weight is 529 g/mol. The Labute approximate surface area is 195 Å². The summed E-state index contributed by atoms with van der Waals surface area (Å²) in [6.07, 6.45) is 3.59. The maximum absolute atomic E-state index is 5.76. The molecule has 1 aromatic carbocycles. The lowest BCUT2D eigenvalue weighted by atomic mass is 10.1. The molecule has 0 saturated carbocycles. The number of hydrogen-bond donors (Lipinski definition) is 2. The smallest absolute Gasteiger partial charge is 0.191 e. The fraction of sp³-hybridized carbons (Fsp3) is 0.500. The number of nitrogens with one attached hydrogen (secondary N) is 2. The first kappa shape index (κ1) is 24.5. The highest BCUT2D eigenvalue weighted by molar-refractivity contribution is 14.0. The van der Waals surface area contributed by atoms with E-state index in [9.17, 15) is 0 Å². The van der Waals surface area contributed by atoms with Crippen molar-refractivity contribution in [1.82, 2.24) is 10.6 Å². The Bertz CT molecular complexity index is 716. The van der Waals surface area contributed by atoms with E-state index >= 15 is 0 Å². The maximum Gasteiger partial charge on any atom is 0.191 e. The highest BCUT2D eigenvalue weighted by Crippen LogP contribution is 2.12. The summed E-state index contributed by atoms with van der Waals surface area (Å²) in [4.78, 5) is 4.71. The number of guanidine groups is 1. The average Bonchev–Trinajstić information content (AvgIpc) is 3.46. The summed E-state index contributed by atoms with van der Waals surface area (Å²) in [7, 11) is 1.67. The van der Waals surface area contributed by atoms with E-state index in [0.29, 0.717) is 25.7 Å². The van der Waals surface area contributed by atoms with Gasteiger partial charge in [-0.25, -0.2) is 0 Å². The van der Waals surface area contributed by atoms with Crippen molar-refractivity contribution in [2.75, 3.05) is 46.6 Å². The van der Waals surface area contributed by atoms with Crippen LogP contribution in [0.25, 0.3) is 0 Å². The molecule has 1 unspecified atom stereocenters. The molecule has 1 aromatic heterocycles. The van der Waals surface area contributed by atoms with Crippen LogP contribution in [0.2, 0.25) is 0 Å². The number of rotatable bonds is 11. The third-order valence-corrected chi connectivity index (χ3v) is 4.74. The second kappa shape index (κ2) is 14.3. The van der Waals surface area contributed by atoms with Gasteiger partial charge in [0, 0.05) is 38.6 Å². The summed E-state index contributed by atoms with van der Waals surface area (Å²) in [6.45, 7) is 5.02. The molecular weight excluding hydrogens is 497 g/mol. The quantitative estimate of drug-likeness (QED) is 0.202. The molecule has 166 valence electrons. The molecule has 1 aliphatic heterocycles. The van der Waals surface area contributed by atoms with Crippen LogP contribution in [0.1, 0.15) is 17.7 Å². The first-order chi connectivity index (χ1) is 14.3. The van der Waals surface area contributed by atoms with Gasteiger partial charge >= 0.3 is 0 Å². The zero-order valence-electron chi connectivity index (χ0n) is 17.5. The largest absolute Gasteiger partial charge is 0.497 e. The summed E-state index contributed by atoms with van der Waals surface area (Å²) < 4.78 is 21.8. The van der Waals surface area contributed by atoms with Crippen LogP contribution in [0, 0.1) is 5.92 Å². The summed E-state index contributed by atoms with van der Waals surface area (Å²) in [6, 6.07) is 11.8. The number of nitrogens with zero attached hydrogens (tertiary/aromatic N) is 1. The van der Waals surface area contributed by atoms with Gasteiger partial charge in [-0.3, -0.25) is 4.99 Å². The second-order valence-corrected chi connectivity index (χ2v) is 7.00. The van der Waals surface area contributed by atoms with Gasteiger partial charge < -0.3 is 29.3 Å². The van der Waals surface area contributed by atoms with E-state index in [2.05, 4.69) is 10.6 Å². The van der Waals surface area contributed by atoms with Gasteiger partial charge in [0.2, 0.25) is 0 Å². The van der Waals surface area contributed by atoms with Gasteiger partial charge in [-0.05, 0) is 36.2 Å². The van der Waals surface area contributed by atoms with Gasteiger partial charge in [0.1, 0.15) is 11.5 Å². The van der Waals surface area contributed by atoms with Crippen LogP contribution in [-0.2, 0) is 22.5 Å². The fourth-order valence-corrected chi connectivity index (χ4v) is 3.03. The summed E-state index contributed by atoms with van der Waals surface area (Å²) in [5.41, 5.74) is 1.12. The minimum absolute atomic E-state index is 0. The predicted octanol–water partition coefficient (Wildman–Crippen LogP) is 3.24. The van der Waals surface area contributed by atoms with Gasteiger partial charge in [-0.2, -0.15) is 0 Å². The van der Waals surface area contributed by atoms with E-state index in [1.807, 2.05) is 36.4 Å². The lowest BCUT2D eigenvalue weighted by molar-refractivity contribution is 0.125. The standard InChI is InChI=1S/C22H31N3O4.HI/c1-26-20-6-4-18(5-7-20)16-28-14-11-24-22(25-15-19-9-13-27-17-19)23-10-8-21-3-2-12-29-21;/h2-7,12,19H,8-11,13-17H2,1H3,(H2,23,24,25);1H. The normalized spacial score (nSPS) is 16.2. The molecule has 2 N–H and O–H groups in total. The lowest BCUT2D eigenvalue weighted by Gasteiger charge is -2.14. The van der Waals surface area contributed by atoms with E-state index in [1.54, 1.807) is 13.4 Å². The zero-order valence-corrected chi connectivity index (χ0v) is 19.8. The monoisotopic (exact) mass is 529 g/mol. The minimum atomic E-state index is 0. The van der Waals surface area contributed by atoms with E-state index in [-0.39, 0.29) is 24.0 Å². The van der Waals surface area contributed by atoms with E-state index < -0.39 is 0 Å². The topological polar surface area (TPSA) is 77.2 Å². The molecule has 8 heteroatoms. The van der Waals surface area contributed by atoms with Gasteiger partial charge in [0.15, 0.2) is 5.96 Å². The second-order valence-electron chi connectivity index (χ2n) is 7.00. The first-order valence-electron chi connectivity index (χ1n) is 10.2. The number of ether oxygens (including phenoxy) is 3. The Kier molecular flexibility index (Phi) is 11.6. The molecule has 0 radical (unpaired) electrons. The predicted molar refractivity (Wildman–Crippen MR) is 128 cm³/mol. The lowest BCUT2D eigenvalue weighted by Crippen LogP contribution is -2.40. The van der Waals surface area contributed by atoms with Crippen molar-refractivity contribution in [2.45, 2.75) is 19.4 Å². The van der Waals surface area contributed by atoms with Crippen molar-refractivity contribution >= 4 is 29.9 Å². The zero-order chi connectivity index (χ0) is 20.2. The fourth-order valence-electron chi connectivity index (χ4n) is 3.03. The molecule has 0 aliphatic carbocycles. The van der Waals surface area contributed by atoms with Crippen LogP contribution in [0.4, 0.5) is 0 Å². The molecule has 1 fully saturated rings. The van der Waals surface area contributed by atoms with Crippen molar-refractivity contribution in [1.29, 1.82) is 0 Å². The molecule has 7 nitrogen and oxygen atoms in total. The number of aliphatic imine (C=N–C) groups is 1. The number of benzene rings is 1. The molecule has 1 atom stereocenters. The number of hydrogen-bond acceptors (Lipinski definition) is 5. The summed E-state index contributed by atoms with van der Waals surface area (Å²) >= 11 is 0. The first-order valence-corrected chi connectivity index (χ1v) is 10.2. The molecule has 0 amide bonds. The van der Waals surface area contributed by atoms with Crippen molar-refractivity contribution < 1.29 is 18.6 Å². The van der Waals surface area contributed by atoms with Crippen molar-refractivity contribution in [3.8, 4) is 5.75 Å². The Morgan fingerprint density at radius 2 is 2.00 bits per heavy atom. The van der Waals surface area contributed by atoms with Gasteiger partial charge in [-0.15, -0.1) is 24.0 Å². The van der Waals surface area contributed by atoms with Crippen molar-refractivity contribution in [3.05, 3.63) is 54.0 Å². The third kappa shape index (κ3) is 8.93. The van der Waals surface area contributed by atoms with Gasteiger partial charge in [0.25, 0.3) is 0 Å². The molecule has 0 bridgehead atoms. The molecule has 2 aromatic rings. The maximum atomic E-state index is 5.76. The Balaban J connectivity index is 0.00000320. The van der Waals surface area contributed by atoms with E-state index in [4.69, 9.17) is 23.6 Å². The summed E-state index contributed by atoms with van der Waals surface area (Å²) in [5, 5.41) is 6.72. The van der Waals surface area contributed by atoms with Crippen molar-refractivity contribution in [3.63, 3.8) is 0 Å². The highest BCUT2D eigenvalue weighted by atomic mass is 127. The van der Waals surface area contributed by atoms with Crippen LogP contribution in [0.15, 0.2) is 52.1 Å². The molecule has 3 rings (SSSR count). The van der Waals surface area contributed by atoms with E-state index in [0.717, 1.165) is 62.2 Å². The van der Waals surface area contributed by atoms with Gasteiger partial charge in [-0.1, -0.05) is 12.1 Å². The summed E-state index contributed by atoms with van der Waals surface area (Å²) in [5.74, 6) is 3.12. The Hall–Kier alpha value is -1.78. The van der Waals surface area contributed by atoms with Crippen LogP contribution in [0.3, 0.4) is 0 Å². The highest BCUT2D eigenvalue weighted by Gasteiger charge is 2.15. The number of methoxy groups -OCH3 is 1. The molecular formula is C22H32IN3O4. The van der Waals surface area contributed by atoms with Gasteiger partial charge in [0.05, 0.1) is 33.2 Å². The SMILES string of the molecule is COc1ccc(COCCNC(=NCC2CCOC2)NCCc2ccco2)cc1.I. The molecule has 2 heterocycles. The third-order valence-electron chi connectivity index (χ3n) is 4.74. The Morgan fingerprint density at radius 1 is 1.17 bits per heavy atom.